The van der Waals surface area contributed by atoms with Gasteiger partial charge in [0.15, 0.2) is 0 Å². The average Bonchev–Trinajstić information content (AvgIpc) is 2.87. The summed E-state index contributed by atoms with van der Waals surface area (Å²) in [5, 5.41) is 18.7. The van der Waals surface area contributed by atoms with E-state index in [9.17, 15) is 14.7 Å². The van der Waals surface area contributed by atoms with Crippen molar-refractivity contribution in [1.82, 2.24) is 4.90 Å². The minimum absolute atomic E-state index is 0.0365. The van der Waals surface area contributed by atoms with E-state index in [1.807, 2.05) is 30.3 Å². The number of hydrogen-bond acceptors (Lipinski definition) is 4. The summed E-state index contributed by atoms with van der Waals surface area (Å²) in [6.45, 7) is 0.0365. The molecule has 0 spiro atoms. The Labute approximate surface area is 123 Å². The minimum atomic E-state index is -1.10. The van der Waals surface area contributed by atoms with Gasteiger partial charge in [0.05, 0.1) is 12.1 Å². The van der Waals surface area contributed by atoms with Crippen LogP contribution in [-0.4, -0.2) is 51.7 Å². The van der Waals surface area contributed by atoms with Crippen molar-refractivity contribution in [2.75, 3.05) is 6.54 Å². The molecule has 1 heterocycles. The highest BCUT2D eigenvalue weighted by molar-refractivity contribution is 5.87. The molecule has 1 fully saturated rings. The first-order valence-electron chi connectivity index (χ1n) is 7.00. The summed E-state index contributed by atoms with van der Waals surface area (Å²) in [5.74, 6) is -1.51. The lowest BCUT2D eigenvalue weighted by Crippen LogP contribution is -2.48. The average molecular weight is 292 g/mol. The van der Waals surface area contributed by atoms with Crippen LogP contribution >= 0.6 is 0 Å². The van der Waals surface area contributed by atoms with Crippen LogP contribution in [-0.2, 0) is 16.0 Å². The standard InChI is InChI=1S/C15H20N2O4/c16-12(7-6-10-4-2-1-3-5-10)14(19)17-9-11(18)8-13(17)15(20)21/h1-5,11-13,18H,6-9,16H2,(H,20,21)/t11-,12+,13+/m1/s1. The smallest absolute Gasteiger partial charge is 0.326 e. The molecule has 3 atom stereocenters. The lowest BCUT2D eigenvalue weighted by atomic mass is 10.0. The molecule has 0 unspecified atom stereocenters. The van der Waals surface area contributed by atoms with Gasteiger partial charge in [0.1, 0.15) is 6.04 Å². The van der Waals surface area contributed by atoms with Gasteiger partial charge in [-0.15, -0.1) is 0 Å². The van der Waals surface area contributed by atoms with Crippen LogP contribution in [0.1, 0.15) is 18.4 Å². The number of likely N-dealkylation sites (tertiary alicyclic amines) is 1. The molecule has 6 heteroatoms. The number of aliphatic carboxylic acids is 1. The van der Waals surface area contributed by atoms with E-state index >= 15 is 0 Å². The van der Waals surface area contributed by atoms with Crippen LogP contribution in [0.3, 0.4) is 0 Å². The zero-order valence-corrected chi connectivity index (χ0v) is 11.7. The number of carbonyl (C=O) groups excluding carboxylic acids is 1. The Morgan fingerprint density at radius 1 is 1.33 bits per heavy atom. The van der Waals surface area contributed by atoms with Crippen LogP contribution in [0.15, 0.2) is 30.3 Å². The molecular weight excluding hydrogens is 272 g/mol. The number of nitrogens with zero attached hydrogens (tertiary/aromatic N) is 1. The zero-order chi connectivity index (χ0) is 15.4. The number of aliphatic hydroxyl groups is 1. The lowest BCUT2D eigenvalue weighted by Gasteiger charge is -2.24. The van der Waals surface area contributed by atoms with Crippen molar-refractivity contribution in [1.29, 1.82) is 0 Å². The predicted octanol–water partition coefficient (Wildman–Crippen LogP) is -0.00710. The van der Waals surface area contributed by atoms with E-state index in [1.54, 1.807) is 0 Å². The molecule has 0 saturated carbocycles. The van der Waals surface area contributed by atoms with Gasteiger partial charge in [-0.3, -0.25) is 4.79 Å². The molecule has 21 heavy (non-hydrogen) atoms. The van der Waals surface area contributed by atoms with Crippen LogP contribution in [0.4, 0.5) is 0 Å². The quantitative estimate of drug-likeness (QED) is 0.708. The van der Waals surface area contributed by atoms with Crippen LogP contribution in [0, 0.1) is 0 Å². The van der Waals surface area contributed by atoms with Gasteiger partial charge in [-0.25, -0.2) is 4.79 Å². The molecule has 1 aromatic carbocycles. The zero-order valence-electron chi connectivity index (χ0n) is 11.7. The number of rotatable bonds is 5. The SMILES string of the molecule is N[C@@H](CCc1ccccc1)C(=O)N1C[C@H](O)C[C@H]1C(=O)O. The second-order valence-corrected chi connectivity index (χ2v) is 5.36. The summed E-state index contributed by atoms with van der Waals surface area (Å²) in [5.41, 5.74) is 6.97. The van der Waals surface area contributed by atoms with Gasteiger partial charge in [-0.2, -0.15) is 0 Å². The number of carboxylic acid groups (broad SMARTS) is 1. The molecule has 2 rings (SSSR count). The summed E-state index contributed by atoms with van der Waals surface area (Å²) in [6, 6.07) is 7.93. The molecule has 0 bridgehead atoms. The van der Waals surface area contributed by atoms with Crippen molar-refractivity contribution in [3.05, 3.63) is 35.9 Å². The largest absolute Gasteiger partial charge is 0.480 e. The van der Waals surface area contributed by atoms with Crippen molar-refractivity contribution in [3.8, 4) is 0 Å². The highest BCUT2D eigenvalue weighted by Gasteiger charge is 2.40. The molecule has 1 aliphatic heterocycles. The molecule has 0 aromatic heterocycles. The molecule has 1 amide bonds. The molecular formula is C15H20N2O4. The van der Waals surface area contributed by atoms with Gasteiger partial charge < -0.3 is 20.8 Å². The van der Waals surface area contributed by atoms with Crippen LogP contribution in [0.25, 0.3) is 0 Å². The summed E-state index contributed by atoms with van der Waals surface area (Å²) in [6.07, 6.45) is 0.368. The third-order valence-corrected chi connectivity index (χ3v) is 3.75. The summed E-state index contributed by atoms with van der Waals surface area (Å²) in [7, 11) is 0. The van der Waals surface area contributed by atoms with Crippen molar-refractivity contribution in [2.45, 2.75) is 37.5 Å². The van der Waals surface area contributed by atoms with Gasteiger partial charge in [0.25, 0.3) is 0 Å². The van der Waals surface area contributed by atoms with Gasteiger partial charge in [-0.1, -0.05) is 30.3 Å². The Hall–Kier alpha value is -1.92. The van der Waals surface area contributed by atoms with E-state index in [4.69, 9.17) is 10.8 Å². The van der Waals surface area contributed by atoms with Crippen molar-refractivity contribution in [2.24, 2.45) is 5.73 Å². The Kier molecular flexibility index (Phi) is 4.93. The van der Waals surface area contributed by atoms with Crippen molar-refractivity contribution in [3.63, 3.8) is 0 Å². The van der Waals surface area contributed by atoms with E-state index in [-0.39, 0.29) is 13.0 Å². The monoisotopic (exact) mass is 292 g/mol. The number of β-amino-alcohol motifs (C(OH)–C–C–N with tert-alkyl or cyclic N) is 1. The summed E-state index contributed by atoms with van der Waals surface area (Å²) >= 11 is 0. The van der Waals surface area contributed by atoms with E-state index in [0.717, 1.165) is 5.56 Å². The van der Waals surface area contributed by atoms with Gasteiger partial charge >= 0.3 is 5.97 Å². The first-order valence-corrected chi connectivity index (χ1v) is 7.00. The second kappa shape index (κ2) is 6.69. The highest BCUT2D eigenvalue weighted by atomic mass is 16.4. The maximum absolute atomic E-state index is 12.3. The molecule has 114 valence electrons. The normalized spacial score (nSPS) is 23.0. The Balaban J connectivity index is 1.94. The summed E-state index contributed by atoms with van der Waals surface area (Å²) < 4.78 is 0. The Morgan fingerprint density at radius 3 is 2.62 bits per heavy atom. The van der Waals surface area contributed by atoms with E-state index in [1.165, 1.54) is 4.90 Å². The van der Waals surface area contributed by atoms with E-state index < -0.39 is 30.1 Å². The number of hydrogen-bond donors (Lipinski definition) is 3. The lowest BCUT2D eigenvalue weighted by molar-refractivity contribution is -0.148. The first-order chi connectivity index (χ1) is 9.99. The Morgan fingerprint density at radius 2 is 2.00 bits per heavy atom. The number of carboxylic acids is 1. The third kappa shape index (κ3) is 3.80. The van der Waals surface area contributed by atoms with Crippen LogP contribution in [0.2, 0.25) is 0 Å². The second-order valence-electron chi connectivity index (χ2n) is 5.36. The number of nitrogens with two attached hydrogens (primary N) is 1. The van der Waals surface area contributed by atoms with Crippen molar-refractivity contribution < 1.29 is 19.8 Å². The molecule has 1 aromatic rings. The van der Waals surface area contributed by atoms with Gasteiger partial charge in [-0.05, 0) is 18.4 Å². The molecule has 1 aliphatic rings. The number of aliphatic hydroxyl groups excluding tert-OH is 1. The number of amides is 1. The third-order valence-electron chi connectivity index (χ3n) is 3.75. The maximum atomic E-state index is 12.3. The highest BCUT2D eigenvalue weighted by Crippen LogP contribution is 2.19. The minimum Gasteiger partial charge on any atom is -0.480 e. The predicted molar refractivity (Wildman–Crippen MR) is 76.5 cm³/mol. The van der Waals surface area contributed by atoms with Gasteiger partial charge in [0, 0.05) is 13.0 Å². The Bertz CT molecular complexity index is 506. The van der Waals surface area contributed by atoms with E-state index in [0.29, 0.717) is 12.8 Å². The fourth-order valence-corrected chi connectivity index (χ4v) is 2.59. The van der Waals surface area contributed by atoms with Crippen LogP contribution < -0.4 is 5.73 Å². The fraction of sp³-hybridized carbons (Fsp3) is 0.467. The molecule has 1 saturated heterocycles. The summed E-state index contributed by atoms with van der Waals surface area (Å²) in [4.78, 5) is 24.6. The number of carbonyl (C=O) groups is 2. The van der Waals surface area contributed by atoms with Gasteiger partial charge in [0.2, 0.25) is 5.91 Å². The van der Waals surface area contributed by atoms with Crippen LogP contribution in [0.5, 0.6) is 0 Å². The fourth-order valence-electron chi connectivity index (χ4n) is 2.59. The number of benzene rings is 1. The van der Waals surface area contributed by atoms with E-state index in [2.05, 4.69) is 0 Å². The molecule has 4 N–H and O–H groups in total. The topological polar surface area (TPSA) is 104 Å². The van der Waals surface area contributed by atoms with Crippen molar-refractivity contribution >= 4 is 11.9 Å². The molecule has 0 radical (unpaired) electrons. The maximum Gasteiger partial charge on any atom is 0.326 e. The molecule has 6 nitrogen and oxygen atoms in total. The first kappa shape index (κ1) is 15.5. The molecule has 0 aliphatic carbocycles. The number of aryl methyl sites for hydroxylation is 1.